The van der Waals surface area contributed by atoms with Gasteiger partial charge in [-0.25, -0.2) is 4.79 Å². The second-order valence-electron chi connectivity index (χ2n) is 6.21. The molecule has 3 nitrogen and oxygen atoms in total. The van der Waals surface area contributed by atoms with E-state index in [1.165, 1.54) is 25.7 Å². The van der Waals surface area contributed by atoms with E-state index in [4.69, 9.17) is 0 Å². The van der Waals surface area contributed by atoms with E-state index in [-0.39, 0.29) is 11.6 Å². The third kappa shape index (κ3) is 5.38. The lowest BCUT2D eigenvalue weighted by Gasteiger charge is -2.27. The molecule has 0 unspecified atom stereocenters. The molecule has 1 rings (SSSR count). The van der Waals surface area contributed by atoms with Crippen LogP contribution in [-0.2, 0) is 0 Å². The maximum Gasteiger partial charge on any atom is 0.315 e. The largest absolute Gasteiger partial charge is 0.338 e. The number of carbonyl (C=O) groups is 1. The minimum Gasteiger partial charge on any atom is -0.338 e. The fraction of sp³-hybridized carbons (Fsp3) is 0.923. The molecule has 16 heavy (non-hydrogen) atoms. The summed E-state index contributed by atoms with van der Waals surface area (Å²) in [7, 11) is 0. The first kappa shape index (κ1) is 13.3. The number of rotatable bonds is 2. The Labute approximate surface area is 99.4 Å². The maximum absolute atomic E-state index is 11.5. The monoisotopic (exact) mass is 226 g/mol. The van der Waals surface area contributed by atoms with Crippen molar-refractivity contribution in [2.75, 3.05) is 6.54 Å². The summed E-state index contributed by atoms with van der Waals surface area (Å²) < 4.78 is 0. The van der Waals surface area contributed by atoms with Crippen molar-refractivity contribution in [3.05, 3.63) is 0 Å². The SMILES string of the molecule is CC1CCC(CNC(=O)NC(C)(C)C)CC1. The van der Waals surface area contributed by atoms with E-state index < -0.39 is 0 Å². The van der Waals surface area contributed by atoms with Crippen LogP contribution >= 0.6 is 0 Å². The Kier molecular flexibility index (Phi) is 4.63. The lowest BCUT2D eigenvalue weighted by Crippen LogP contribution is -2.47. The lowest BCUT2D eigenvalue weighted by molar-refractivity contribution is 0.224. The average molecular weight is 226 g/mol. The van der Waals surface area contributed by atoms with E-state index in [0.717, 1.165) is 12.5 Å². The highest BCUT2D eigenvalue weighted by Gasteiger charge is 2.19. The first-order chi connectivity index (χ1) is 7.37. The van der Waals surface area contributed by atoms with Crippen molar-refractivity contribution in [2.24, 2.45) is 11.8 Å². The second-order valence-corrected chi connectivity index (χ2v) is 6.21. The molecule has 0 radical (unpaired) electrons. The standard InChI is InChI=1S/C13H26N2O/c1-10-5-7-11(8-6-10)9-14-12(16)15-13(2,3)4/h10-11H,5-9H2,1-4H3,(H2,14,15,16). The highest BCUT2D eigenvalue weighted by molar-refractivity contribution is 5.74. The predicted octanol–water partition coefficient (Wildman–Crippen LogP) is 2.91. The van der Waals surface area contributed by atoms with Crippen LogP contribution in [0.25, 0.3) is 0 Å². The van der Waals surface area contributed by atoms with E-state index >= 15 is 0 Å². The zero-order chi connectivity index (χ0) is 12.2. The topological polar surface area (TPSA) is 41.1 Å². The van der Waals surface area contributed by atoms with Crippen molar-refractivity contribution in [3.8, 4) is 0 Å². The molecule has 0 bridgehead atoms. The molecular weight excluding hydrogens is 200 g/mol. The second kappa shape index (κ2) is 5.55. The van der Waals surface area contributed by atoms with Gasteiger partial charge in [0.1, 0.15) is 0 Å². The zero-order valence-corrected chi connectivity index (χ0v) is 11.1. The third-order valence-electron chi connectivity index (χ3n) is 3.18. The smallest absolute Gasteiger partial charge is 0.315 e. The van der Waals surface area contributed by atoms with Crippen LogP contribution in [-0.4, -0.2) is 18.1 Å². The van der Waals surface area contributed by atoms with Gasteiger partial charge in [0.05, 0.1) is 0 Å². The van der Waals surface area contributed by atoms with Crippen LogP contribution in [0.15, 0.2) is 0 Å². The number of hydrogen-bond donors (Lipinski definition) is 2. The minimum atomic E-state index is -0.148. The summed E-state index contributed by atoms with van der Waals surface area (Å²) in [5.41, 5.74) is -0.148. The van der Waals surface area contributed by atoms with E-state index in [0.29, 0.717) is 5.92 Å². The molecule has 0 spiro atoms. The fourth-order valence-corrected chi connectivity index (χ4v) is 2.16. The fourth-order valence-electron chi connectivity index (χ4n) is 2.16. The van der Waals surface area contributed by atoms with Gasteiger partial charge in [-0.05, 0) is 45.4 Å². The van der Waals surface area contributed by atoms with E-state index in [1.807, 2.05) is 20.8 Å². The van der Waals surface area contributed by atoms with Crippen molar-refractivity contribution in [1.29, 1.82) is 0 Å². The molecule has 0 aromatic rings. The van der Waals surface area contributed by atoms with Crippen molar-refractivity contribution < 1.29 is 4.79 Å². The van der Waals surface area contributed by atoms with Crippen LogP contribution in [0.2, 0.25) is 0 Å². The van der Waals surface area contributed by atoms with E-state index in [1.54, 1.807) is 0 Å². The molecule has 0 aromatic heterocycles. The van der Waals surface area contributed by atoms with Gasteiger partial charge in [0.2, 0.25) is 0 Å². The summed E-state index contributed by atoms with van der Waals surface area (Å²) in [5.74, 6) is 1.56. The Morgan fingerprint density at radius 1 is 1.19 bits per heavy atom. The first-order valence-electron chi connectivity index (χ1n) is 6.43. The molecule has 0 aromatic carbocycles. The summed E-state index contributed by atoms with van der Waals surface area (Å²) in [4.78, 5) is 11.5. The average Bonchev–Trinajstić information content (AvgIpc) is 2.14. The van der Waals surface area contributed by atoms with Gasteiger partial charge in [-0.15, -0.1) is 0 Å². The number of carbonyl (C=O) groups excluding carboxylic acids is 1. The molecule has 1 fully saturated rings. The van der Waals surface area contributed by atoms with Crippen molar-refractivity contribution in [3.63, 3.8) is 0 Å². The van der Waals surface area contributed by atoms with Gasteiger partial charge in [-0.2, -0.15) is 0 Å². The van der Waals surface area contributed by atoms with E-state index in [2.05, 4.69) is 17.6 Å². The van der Waals surface area contributed by atoms with Crippen LogP contribution in [0.1, 0.15) is 53.4 Å². The molecular formula is C13H26N2O. The quantitative estimate of drug-likeness (QED) is 0.747. The normalized spacial score (nSPS) is 26.2. The van der Waals surface area contributed by atoms with Gasteiger partial charge in [-0.3, -0.25) is 0 Å². The predicted molar refractivity (Wildman–Crippen MR) is 67.4 cm³/mol. The summed E-state index contributed by atoms with van der Waals surface area (Å²) >= 11 is 0. The minimum absolute atomic E-state index is 0.0360. The van der Waals surface area contributed by atoms with Gasteiger partial charge in [0.15, 0.2) is 0 Å². The zero-order valence-electron chi connectivity index (χ0n) is 11.1. The first-order valence-corrected chi connectivity index (χ1v) is 6.43. The number of amides is 2. The van der Waals surface area contributed by atoms with Crippen LogP contribution in [0.5, 0.6) is 0 Å². The van der Waals surface area contributed by atoms with Gasteiger partial charge >= 0.3 is 6.03 Å². The molecule has 0 heterocycles. The highest BCUT2D eigenvalue weighted by atomic mass is 16.2. The maximum atomic E-state index is 11.5. The molecule has 3 heteroatoms. The Morgan fingerprint density at radius 3 is 2.25 bits per heavy atom. The number of nitrogens with one attached hydrogen (secondary N) is 2. The highest BCUT2D eigenvalue weighted by Crippen LogP contribution is 2.27. The van der Waals surface area contributed by atoms with Crippen LogP contribution in [0.4, 0.5) is 4.79 Å². The molecule has 2 N–H and O–H groups in total. The summed E-state index contributed by atoms with van der Waals surface area (Å²) in [6.07, 6.45) is 5.15. The molecule has 1 saturated carbocycles. The molecule has 0 atom stereocenters. The van der Waals surface area contributed by atoms with Crippen LogP contribution in [0, 0.1) is 11.8 Å². The van der Waals surface area contributed by atoms with Gasteiger partial charge < -0.3 is 10.6 Å². The van der Waals surface area contributed by atoms with Crippen molar-refractivity contribution in [2.45, 2.75) is 58.9 Å². The van der Waals surface area contributed by atoms with Gasteiger partial charge in [0, 0.05) is 12.1 Å². The molecule has 0 saturated heterocycles. The van der Waals surface area contributed by atoms with Crippen molar-refractivity contribution >= 4 is 6.03 Å². The Balaban J connectivity index is 2.17. The molecule has 1 aliphatic carbocycles. The third-order valence-corrected chi connectivity index (χ3v) is 3.18. The summed E-state index contributed by atoms with van der Waals surface area (Å²) in [6.45, 7) is 9.13. The number of urea groups is 1. The molecule has 1 aliphatic rings. The van der Waals surface area contributed by atoms with Gasteiger partial charge in [-0.1, -0.05) is 19.8 Å². The summed E-state index contributed by atoms with van der Waals surface area (Å²) in [5, 5.41) is 5.89. The Morgan fingerprint density at radius 2 is 1.75 bits per heavy atom. The molecule has 2 amide bonds. The lowest BCUT2D eigenvalue weighted by atomic mass is 9.83. The number of hydrogen-bond acceptors (Lipinski definition) is 1. The van der Waals surface area contributed by atoms with Gasteiger partial charge in [0.25, 0.3) is 0 Å². The molecule has 94 valence electrons. The Hall–Kier alpha value is -0.730. The Bertz CT molecular complexity index is 225. The van der Waals surface area contributed by atoms with Crippen molar-refractivity contribution in [1.82, 2.24) is 10.6 Å². The van der Waals surface area contributed by atoms with Crippen LogP contribution < -0.4 is 10.6 Å². The van der Waals surface area contributed by atoms with E-state index in [9.17, 15) is 4.79 Å². The van der Waals surface area contributed by atoms with Crippen LogP contribution in [0.3, 0.4) is 0 Å². The molecule has 0 aliphatic heterocycles. The summed E-state index contributed by atoms with van der Waals surface area (Å²) in [6, 6.07) is -0.0360.